The highest BCUT2D eigenvalue weighted by Crippen LogP contribution is 2.36. The maximum absolute atomic E-state index is 9.39. The number of nitrogens with one attached hydrogen (secondary N) is 1. The number of allylic oxidation sites excluding steroid dienone is 6. The van der Waals surface area contributed by atoms with Gasteiger partial charge in [0.2, 0.25) is 0 Å². The Labute approximate surface area is 180 Å². The summed E-state index contributed by atoms with van der Waals surface area (Å²) in [6.07, 6.45) is 19.1. The quantitative estimate of drug-likeness (QED) is 0.701. The van der Waals surface area contributed by atoms with E-state index in [9.17, 15) is 5.26 Å². The maximum Gasteiger partial charge on any atom is 0.145 e. The Hall–Kier alpha value is -4.12. The molecule has 0 spiro atoms. The molecule has 1 aromatic rings. The molecule has 5 heterocycles. The van der Waals surface area contributed by atoms with Crippen molar-refractivity contribution in [1.29, 1.82) is 5.26 Å². The number of nitrogens with zero attached hydrogens (tertiary/aromatic N) is 6. The Morgan fingerprint density at radius 2 is 2.10 bits per heavy atom. The molecule has 31 heavy (non-hydrogen) atoms. The number of fused-ring (bicyclic) bond motifs is 5. The zero-order chi connectivity index (χ0) is 21.0. The molecule has 0 atom stereocenters. The van der Waals surface area contributed by atoms with E-state index in [-0.39, 0.29) is 0 Å². The standard InChI is InChI=1S/C23H21N7O/c24-13-17-4-5-19-12-20(17)31-11-3-1-2-6-29-7-9-30(10-8-29)23-21-18(14-25-19)15-26-22(21)27-16-28-23/h1-5,7,9,11,14,16H,6,8,10,12,15H2,(H,26,27,28)/b2-1-,11-3+,18-14+,25-19-. The highest BCUT2D eigenvalue weighted by Gasteiger charge is 2.25. The molecule has 1 N–H and O–H groups in total. The van der Waals surface area contributed by atoms with Crippen LogP contribution in [-0.2, 0) is 4.74 Å². The van der Waals surface area contributed by atoms with E-state index in [0.29, 0.717) is 24.3 Å². The van der Waals surface area contributed by atoms with E-state index < -0.39 is 0 Å². The molecular formula is C23H21N7O. The fraction of sp³-hybridized carbons (Fsp3) is 0.217. The molecule has 8 nitrogen and oxygen atoms in total. The van der Waals surface area contributed by atoms with Gasteiger partial charge in [0.1, 0.15) is 29.8 Å². The van der Waals surface area contributed by atoms with Crippen LogP contribution in [0.25, 0.3) is 5.57 Å². The third-order valence-corrected chi connectivity index (χ3v) is 5.42. The molecule has 6 rings (SSSR count). The number of nitriles is 1. The van der Waals surface area contributed by atoms with Crippen LogP contribution in [0.2, 0.25) is 0 Å². The Morgan fingerprint density at radius 3 is 2.97 bits per heavy atom. The fourth-order valence-electron chi connectivity index (χ4n) is 3.78. The van der Waals surface area contributed by atoms with Crippen LogP contribution in [0.5, 0.6) is 0 Å². The molecule has 4 bridgehead atoms. The van der Waals surface area contributed by atoms with Crippen molar-refractivity contribution in [3.8, 4) is 6.07 Å². The van der Waals surface area contributed by atoms with E-state index in [1.165, 1.54) is 0 Å². The Kier molecular flexibility index (Phi) is 5.07. The maximum atomic E-state index is 9.39. The minimum atomic E-state index is 0.457. The lowest BCUT2D eigenvalue weighted by molar-refractivity contribution is 0.343. The summed E-state index contributed by atoms with van der Waals surface area (Å²) in [6.45, 7) is 3.16. The summed E-state index contributed by atoms with van der Waals surface area (Å²) >= 11 is 0. The van der Waals surface area contributed by atoms with Crippen LogP contribution in [0, 0.1) is 11.3 Å². The van der Waals surface area contributed by atoms with Crippen molar-refractivity contribution in [1.82, 2.24) is 14.9 Å². The monoisotopic (exact) mass is 411 g/mol. The highest BCUT2D eigenvalue weighted by atomic mass is 16.5. The van der Waals surface area contributed by atoms with Crippen molar-refractivity contribution in [2.45, 2.75) is 6.42 Å². The predicted molar refractivity (Wildman–Crippen MR) is 120 cm³/mol. The number of ether oxygens (including phenoxy) is 1. The van der Waals surface area contributed by atoms with Crippen LogP contribution in [-0.4, -0.2) is 46.8 Å². The summed E-state index contributed by atoms with van der Waals surface area (Å²) in [6, 6.07) is 2.19. The second-order valence-electron chi connectivity index (χ2n) is 7.37. The zero-order valence-corrected chi connectivity index (χ0v) is 16.9. The van der Waals surface area contributed by atoms with Crippen LogP contribution in [0.1, 0.15) is 12.0 Å². The van der Waals surface area contributed by atoms with Gasteiger partial charge in [0.15, 0.2) is 0 Å². The van der Waals surface area contributed by atoms with Crippen molar-refractivity contribution < 1.29 is 4.74 Å². The van der Waals surface area contributed by atoms with Gasteiger partial charge in [0, 0.05) is 62.5 Å². The molecule has 0 aromatic carbocycles. The van der Waals surface area contributed by atoms with Gasteiger partial charge in [0.05, 0.1) is 17.4 Å². The normalized spacial score (nSPS) is 25.1. The first-order valence-corrected chi connectivity index (χ1v) is 10.2. The van der Waals surface area contributed by atoms with Crippen LogP contribution in [0.4, 0.5) is 11.6 Å². The van der Waals surface area contributed by atoms with Crippen LogP contribution in [0.3, 0.4) is 0 Å². The van der Waals surface area contributed by atoms with E-state index in [1.807, 2.05) is 24.4 Å². The summed E-state index contributed by atoms with van der Waals surface area (Å²) in [7, 11) is 0. The van der Waals surface area contributed by atoms with Gasteiger partial charge in [-0.2, -0.15) is 5.26 Å². The zero-order valence-electron chi connectivity index (χ0n) is 16.9. The first-order valence-electron chi connectivity index (χ1n) is 10.2. The average molecular weight is 411 g/mol. The topological polar surface area (TPSA) is 89.7 Å². The molecule has 0 radical (unpaired) electrons. The van der Waals surface area contributed by atoms with Gasteiger partial charge in [-0.15, -0.1) is 0 Å². The molecule has 0 saturated carbocycles. The molecule has 1 aliphatic carbocycles. The summed E-state index contributed by atoms with van der Waals surface area (Å²) in [4.78, 5) is 18.1. The molecular weight excluding hydrogens is 390 g/mol. The van der Waals surface area contributed by atoms with E-state index in [1.54, 1.807) is 18.7 Å². The second kappa shape index (κ2) is 8.32. The summed E-state index contributed by atoms with van der Waals surface area (Å²) < 4.78 is 5.75. The first kappa shape index (κ1) is 18.9. The van der Waals surface area contributed by atoms with Crippen molar-refractivity contribution in [2.24, 2.45) is 4.99 Å². The SMILES string of the molecule is N#CC1=C2C/C(=N\C=C3/CNc4ncnc(c43)N3C=CN(C/C=C\C=C\O2)CC3)C=C1. The second-order valence-corrected chi connectivity index (χ2v) is 7.37. The van der Waals surface area contributed by atoms with Crippen molar-refractivity contribution in [3.05, 3.63) is 78.5 Å². The van der Waals surface area contributed by atoms with Gasteiger partial charge < -0.3 is 19.9 Å². The molecule has 4 aliphatic heterocycles. The molecule has 1 aromatic heterocycles. The number of rotatable bonds is 0. The van der Waals surface area contributed by atoms with Crippen LogP contribution in [0.15, 0.2) is 77.9 Å². The molecule has 0 fully saturated rings. The van der Waals surface area contributed by atoms with Gasteiger partial charge in [0.25, 0.3) is 0 Å². The lowest BCUT2D eigenvalue weighted by Crippen LogP contribution is -2.35. The number of hydrogen-bond donors (Lipinski definition) is 1. The third kappa shape index (κ3) is 3.85. The molecule has 154 valence electrons. The number of anilines is 2. The Morgan fingerprint density at radius 1 is 1.13 bits per heavy atom. The number of aliphatic imine (C=N–C) groups is 1. The lowest BCUT2D eigenvalue weighted by atomic mass is 10.0. The fourth-order valence-corrected chi connectivity index (χ4v) is 3.78. The minimum absolute atomic E-state index is 0.457. The lowest BCUT2D eigenvalue weighted by Gasteiger charge is -2.30. The molecule has 0 saturated heterocycles. The molecule has 5 aliphatic rings. The van der Waals surface area contributed by atoms with Crippen LogP contribution < -0.4 is 10.2 Å². The Balaban J connectivity index is 1.56. The highest BCUT2D eigenvalue weighted by molar-refractivity contribution is 5.99. The van der Waals surface area contributed by atoms with Gasteiger partial charge in [-0.05, 0) is 18.2 Å². The van der Waals surface area contributed by atoms with E-state index in [4.69, 9.17) is 4.74 Å². The molecule has 8 heteroatoms. The van der Waals surface area contributed by atoms with E-state index >= 15 is 0 Å². The predicted octanol–water partition coefficient (Wildman–Crippen LogP) is 3.11. The molecule has 0 amide bonds. The minimum Gasteiger partial charge on any atom is -0.468 e. The summed E-state index contributed by atoms with van der Waals surface area (Å²) in [5, 5.41) is 12.7. The Bertz CT molecular complexity index is 1150. The van der Waals surface area contributed by atoms with Crippen molar-refractivity contribution in [2.75, 3.05) is 36.4 Å². The smallest absolute Gasteiger partial charge is 0.145 e. The summed E-state index contributed by atoms with van der Waals surface area (Å²) in [5.41, 5.74) is 3.36. The van der Waals surface area contributed by atoms with E-state index in [0.717, 1.165) is 48.1 Å². The largest absolute Gasteiger partial charge is 0.468 e. The summed E-state index contributed by atoms with van der Waals surface area (Å²) in [5.74, 6) is 2.30. The van der Waals surface area contributed by atoms with E-state index in [2.05, 4.69) is 54.6 Å². The number of aromatic nitrogens is 2. The third-order valence-electron chi connectivity index (χ3n) is 5.42. The van der Waals surface area contributed by atoms with Gasteiger partial charge in [-0.1, -0.05) is 12.2 Å². The van der Waals surface area contributed by atoms with Gasteiger partial charge in [-0.3, -0.25) is 4.99 Å². The van der Waals surface area contributed by atoms with Crippen molar-refractivity contribution in [3.63, 3.8) is 0 Å². The van der Waals surface area contributed by atoms with Gasteiger partial charge in [-0.25, -0.2) is 9.97 Å². The number of hydrogen-bond acceptors (Lipinski definition) is 8. The van der Waals surface area contributed by atoms with Crippen molar-refractivity contribution >= 4 is 22.9 Å². The first-order chi connectivity index (χ1) is 15.3. The van der Waals surface area contributed by atoms with Crippen LogP contribution >= 0.6 is 0 Å². The van der Waals surface area contributed by atoms with Gasteiger partial charge >= 0.3 is 0 Å². The molecule has 0 unspecified atom stereocenters. The average Bonchev–Trinajstić information content (AvgIpc) is 3.23.